The maximum absolute atomic E-state index is 12.1. The molecule has 0 bridgehead atoms. The van der Waals surface area contributed by atoms with E-state index in [0.717, 1.165) is 0 Å². The van der Waals surface area contributed by atoms with E-state index in [4.69, 9.17) is 10.9 Å². The van der Waals surface area contributed by atoms with Crippen LogP contribution in [0.3, 0.4) is 0 Å². The summed E-state index contributed by atoms with van der Waals surface area (Å²) in [5.41, 5.74) is 5.57. The number of amidine groups is 1. The molecule has 0 aromatic carbocycles. The molecule has 0 aromatic heterocycles. The van der Waals surface area contributed by atoms with Gasteiger partial charge in [-0.25, -0.2) is 0 Å². The van der Waals surface area contributed by atoms with Crippen molar-refractivity contribution in [3.63, 3.8) is 0 Å². The molecule has 0 aliphatic rings. The molecule has 4 N–H and O–H groups in total. The monoisotopic (exact) mass is 257 g/mol. The summed E-state index contributed by atoms with van der Waals surface area (Å²) in [5.74, 6) is -0.362. The Kier molecular flexibility index (Phi) is 6.15. The molecular weight excluding hydrogens is 230 g/mol. The third-order valence-corrected chi connectivity index (χ3v) is 3.66. The normalized spacial score (nSPS) is 15.0. The first kappa shape index (κ1) is 16.7. The van der Waals surface area contributed by atoms with E-state index in [1.54, 1.807) is 0 Å². The van der Waals surface area contributed by atoms with Crippen molar-refractivity contribution in [2.24, 2.45) is 34.1 Å². The molecule has 0 rings (SSSR count). The Morgan fingerprint density at radius 2 is 1.83 bits per heavy atom. The van der Waals surface area contributed by atoms with E-state index in [0.29, 0.717) is 12.5 Å². The van der Waals surface area contributed by atoms with Crippen LogP contribution in [0.15, 0.2) is 5.16 Å². The lowest BCUT2D eigenvalue weighted by Gasteiger charge is -2.30. The number of nitrogens with one attached hydrogen (secondary N) is 1. The third kappa shape index (κ3) is 4.55. The van der Waals surface area contributed by atoms with E-state index in [2.05, 4.69) is 38.2 Å². The molecule has 5 heteroatoms. The maximum atomic E-state index is 12.1. The van der Waals surface area contributed by atoms with E-state index in [9.17, 15) is 4.79 Å². The van der Waals surface area contributed by atoms with Crippen molar-refractivity contribution in [1.29, 1.82) is 0 Å². The Hall–Kier alpha value is -1.26. The van der Waals surface area contributed by atoms with Crippen molar-refractivity contribution < 1.29 is 10.0 Å². The van der Waals surface area contributed by atoms with Crippen LogP contribution < -0.4 is 11.1 Å². The van der Waals surface area contributed by atoms with Gasteiger partial charge in [0.05, 0.1) is 0 Å². The smallest absolute Gasteiger partial charge is 0.231 e. The Balaban J connectivity index is 4.65. The van der Waals surface area contributed by atoms with Crippen molar-refractivity contribution in [2.75, 3.05) is 6.54 Å². The standard InChI is InChI=1S/C13H27N3O2/c1-8(2)10(11(14)16-18)12(17)15-7-13(5,6)9(3)4/h8-10,18H,7H2,1-6H3,(H2,14,16)(H,15,17). The van der Waals surface area contributed by atoms with Gasteiger partial charge >= 0.3 is 0 Å². The minimum Gasteiger partial charge on any atom is -0.409 e. The van der Waals surface area contributed by atoms with Crippen LogP contribution in [0.5, 0.6) is 0 Å². The molecule has 1 amide bonds. The predicted molar refractivity (Wildman–Crippen MR) is 73.4 cm³/mol. The van der Waals surface area contributed by atoms with Crippen LogP contribution in [0.1, 0.15) is 41.5 Å². The molecule has 0 saturated carbocycles. The van der Waals surface area contributed by atoms with Crippen LogP contribution in [-0.2, 0) is 4.79 Å². The van der Waals surface area contributed by atoms with Crippen LogP contribution in [0.2, 0.25) is 0 Å². The van der Waals surface area contributed by atoms with Crippen LogP contribution in [0.25, 0.3) is 0 Å². The van der Waals surface area contributed by atoms with Crippen molar-refractivity contribution >= 4 is 11.7 Å². The van der Waals surface area contributed by atoms with Crippen LogP contribution in [0, 0.1) is 23.2 Å². The zero-order valence-corrected chi connectivity index (χ0v) is 12.3. The molecule has 1 unspecified atom stereocenters. The molecule has 0 saturated heterocycles. The predicted octanol–water partition coefficient (Wildman–Crippen LogP) is 1.80. The zero-order valence-electron chi connectivity index (χ0n) is 12.3. The topological polar surface area (TPSA) is 87.7 Å². The fourth-order valence-corrected chi connectivity index (χ4v) is 1.47. The molecule has 5 nitrogen and oxygen atoms in total. The molecule has 0 aliphatic heterocycles. The van der Waals surface area contributed by atoms with E-state index in [1.165, 1.54) is 0 Å². The van der Waals surface area contributed by atoms with Crippen molar-refractivity contribution in [2.45, 2.75) is 41.5 Å². The number of hydrogen-bond acceptors (Lipinski definition) is 3. The van der Waals surface area contributed by atoms with Gasteiger partial charge in [0.25, 0.3) is 0 Å². The first-order valence-corrected chi connectivity index (χ1v) is 6.38. The largest absolute Gasteiger partial charge is 0.409 e. The Bertz CT molecular complexity index is 309. The van der Waals surface area contributed by atoms with Gasteiger partial charge in [0.2, 0.25) is 5.91 Å². The number of carbonyl (C=O) groups is 1. The zero-order chi connectivity index (χ0) is 14.5. The highest BCUT2D eigenvalue weighted by molar-refractivity contribution is 6.02. The first-order chi connectivity index (χ1) is 8.13. The highest BCUT2D eigenvalue weighted by Gasteiger charge is 2.29. The highest BCUT2D eigenvalue weighted by Crippen LogP contribution is 2.25. The molecule has 18 heavy (non-hydrogen) atoms. The van der Waals surface area contributed by atoms with Gasteiger partial charge in [0, 0.05) is 6.54 Å². The van der Waals surface area contributed by atoms with E-state index >= 15 is 0 Å². The lowest BCUT2D eigenvalue weighted by molar-refractivity contribution is -0.124. The molecule has 0 fully saturated rings. The van der Waals surface area contributed by atoms with Crippen LogP contribution >= 0.6 is 0 Å². The van der Waals surface area contributed by atoms with Gasteiger partial charge in [-0.1, -0.05) is 46.7 Å². The summed E-state index contributed by atoms with van der Waals surface area (Å²) in [7, 11) is 0. The van der Waals surface area contributed by atoms with Crippen LogP contribution in [0.4, 0.5) is 0 Å². The van der Waals surface area contributed by atoms with Gasteiger partial charge in [-0.2, -0.15) is 0 Å². The van der Waals surface area contributed by atoms with Gasteiger partial charge < -0.3 is 16.3 Å². The summed E-state index contributed by atoms with van der Waals surface area (Å²) < 4.78 is 0. The number of nitrogens with zero attached hydrogens (tertiary/aromatic N) is 1. The van der Waals surface area contributed by atoms with Crippen molar-refractivity contribution in [3.8, 4) is 0 Å². The maximum Gasteiger partial charge on any atom is 0.231 e. The van der Waals surface area contributed by atoms with E-state index in [1.807, 2.05) is 13.8 Å². The van der Waals surface area contributed by atoms with Gasteiger partial charge in [-0.3, -0.25) is 4.79 Å². The molecule has 0 heterocycles. The Morgan fingerprint density at radius 3 is 2.17 bits per heavy atom. The lowest BCUT2D eigenvalue weighted by Crippen LogP contribution is -2.45. The number of hydrogen-bond donors (Lipinski definition) is 3. The first-order valence-electron chi connectivity index (χ1n) is 6.38. The van der Waals surface area contributed by atoms with Gasteiger partial charge in [-0.15, -0.1) is 0 Å². The quantitative estimate of drug-likeness (QED) is 0.293. The van der Waals surface area contributed by atoms with E-state index in [-0.39, 0.29) is 23.1 Å². The average Bonchev–Trinajstić information content (AvgIpc) is 2.25. The fourth-order valence-electron chi connectivity index (χ4n) is 1.47. The second kappa shape index (κ2) is 6.61. The lowest BCUT2D eigenvalue weighted by atomic mass is 9.81. The molecular formula is C13H27N3O2. The number of nitrogens with two attached hydrogens (primary N) is 1. The Labute approximate surface area is 110 Å². The highest BCUT2D eigenvalue weighted by atomic mass is 16.4. The van der Waals surface area contributed by atoms with E-state index < -0.39 is 5.92 Å². The summed E-state index contributed by atoms with van der Waals surface area (Å²) in [6, 6.07) is 0. The van der Waals surface area contributed by atoms with Crippen LogP contribution in [-0.4, -0.2) is 23.5 Å². The summed E-state index contributed by atoms with van der Waals surface area (Å²) in [4.78, 5) is 12.1. The van der Waals surface area contributed by atoms with Crippen molar-refractivity contribution in [1.82, 2.24) is 5.32 Å². The summed E-state index contributed by atoms with van der Waals surface area (Å²) in [5, 5.41) is 14.5. The minimum atomic E-state index is -0.585. The molecule has 0 spiro atoms. The molecule has 0 aromatic rings. The summed E-state index contributed by atoms with van der Waals surface area (Å²) in [6.07, 6.45) is 0. The number of rotatable bonds is 6. The van der Waals surface area contributed by atoms with Gasteiger partial charge in [0.1, 0.15) is 5.92 Å². The fraction of sp³-hybridized carbons (Fsp3) is 0.846. The number of carbonyl (C=O) groups excluding carboxylic acids is 1. The molecule has 106 valence electrons. The number of oxime groups is 1. The second-order valence-electron chi connectivity index (χ2n) is 6.11. The third-order valence-electron chi connectivity index (χ3n) is 3.66. The summed E-state index contributed by atoms with van der Waals surface area (Å²) >= 11 is 0. The Morgan fingerprint density at radius 1 is 1.33 bits per heavy atom. The second-order valence-corrected chi connectivity index (χ2v) is 6.11. The number of amides is 1. The minimum absolute atomic E-state index is 0.0111. The molecule has 1 atom stereocenters. The van der Waals surface area contributed by atoms with Gasteiger partial charge in [0.15, 0.2) is 5.84 Å². The summed E-state index contributed by atoms with van der Waals surface area (Å²) in [6.45, 7) is 12.8. The van der Waals surface area contributed by atoms with Gasteiger partial charge in [-0.05, 0) is 17.3 Å². The van der Waals surface area contributed by atoms with Crippen molar-refractivity contribution in [3.05, 3.63) is 0 Å². The molecule has 0 radical (unpaired) electrons. The SMILES string of the molecule is CC(C)C(C(=O)NCC(C)(C)C(C)C)C(N)=NO. The average molecular weight is 257 g/mol. The molecule has 0 aliphatic carbocycles.